The van der Waals surface area contributed by atoms with Crippen LogP contribution in [0.4, 0.5) is 0 Å². The summed E-state index contributed by atoms with van der Waals surface area (Å²) in [6, 6.07) is 0.236. The number of nitrogens with zero attached hydrogens (tertiary/aromatic N) is 2. The Balaban J connectivity index is 4.43. The molecular formula is C13H24N2O2. The Labute approximate surface area is 104 Å². The predicted molar refractivity (Wildman–Crippen MR) is 70.8 cm³/mol. The third-order valence-electron chi connectivity index (χ3n) is 2.51. The minimum atomic E-state index is 0.0342. The van der Waals surface area contributed by atoms with Crippen LogP contribution in [-0.4, -0.2) is 59.6 Å². The van der Waals surface area contributed by atoms with E-state index < -0.39 is 0 Å². The predicted octanol–water partition coefficient (Wildman–Crippen LogP) is 0.890. The standard InChI is InChI=1S/C13H24N2O2/c1-5-7-14(8-6-2)13(17)11-15(9-10-16)12(3)4/h5-6,12,16H,1-2,7-11H2,3-4H3. The van der Waals surface area contributed by atoms with E-state index in [1.54, 1.807) is 17.1 Å². The Morgan fingerprint density at radius 2 is 1.82 bits per heavy atom. The number of aliphatic hydroxyl groups is 1. The van der Waals surface area contributed by atoms with Crippen LogP contribution >= 0.6 is 0 Å². The summed E-state index contributed by atoms with van der Waals surface area (Å²) in [5.74, 6) is 0.0342. The molecule has 1 N–H and O–H groups in total. The number of amides is 1. The molecule has 0 aliphatic carbocycles. The zero-order valence-electron chi connectivity index (χ0n) is 10.9. The van der Waals surface area contributed by atoms with E-state index in [1.165, 1.54) is 0 Å². The van der Waals surface area contributed by atoms with Gasteiger partial charge in [0.05, 0.1) is 13.2 Å². The molecule has 0 aromatic carbocycles. The zero-order chi connectivity index (χ0) is 13.3. The van der Waals surface area contributed by atoms with Gasteiger partial charge in [-0.15, -0.1) is 13.2 Å². The van der Waals surface area contributed by atoms with Crippen molar-refractivity contribution < 1.29 is 9.90 Å². The van der Waals surface area contributed by atoms with E-state index in [0.29, 0.717) is 26.2 Å². The SMILES string of the molecule is C=CCN(CC=C)C(=O)CN(CCO)C(C)C. The van der Waals surface area contributed by atoms with E-state index >= 15 is 0 Å². The fraction of sp³-hybridized carbons (Fsp3) is 0.615. The fourth-order valence-electron chi connectivity index (χ4n) is 1.51. The topological polar surface area (TPSA) is 43.8 Å². The first kappa shape index (κ1) is 15.9. The molecule has 98 valence electrons. The van der Waals surface area contributed by atoms with E-state index in [-0.39, 0.29) is 18.6 Å². The molecule has 0 aromatic rings. The van der Waals surface area contributed by atoms with Gasteiger partial charge in [-0.3, -0.25) is 9.69 Å². The number of rotatable bonds is 9. The molecule has 0 rings (SSSR count). The lowest BCUT2D eigenvalue weighted by molar-refractivity contribution is -0.132. The number of carbonyl (C=O) groups is 1. The highest BCUT2D eigenvalue weighted by Gasteiger charge is 2.17. The molecule has 0 unspecified atom stereocenters. The quantitative estimate of drug-likeness (QED) is 0.609. The van der Waals surface area contributed by atoms with E-state index in [9.17, 15) is 4.79 Å². The number of hydrogen-bond acceptors (Lipinski definition) is 3. The molecular weight excluding hydrogens is 216 g/mol. The molecule has 0 radical (unpaired) electrons. The zero-order valence-corrected chi connectivity index (χ0v) is 10.9. The lowest BCUT2D eigenvalue weighted by atomic mass is 10.3. The van der Waals surface area contributed by atoms with Crippen LogP contribution in [0.15, 0.2) is 25.3 Å². The van der Waals surface area contributed by atoms with Gasteiger partial charge in [-0.25, -0.2) is 0 Å². The summed E-state index contributed by atoms with van der Waals surface area (Å²) in [5.41, 5.74) is 0. The summed E-state index contributed by atoms with van der Waals surface area (Å²) >= 11 is 0. The van der Waals surface area contributed by atoms with E-state index in [1.807, 2.05) is 18.7 Å². The van der Waals surface area contributed by atoms with Crippen LogP contribution in [0.3, 0.4) is 0 Å². The Morgan fingerprint density at radius 1 is 1.29 bits per heavy atom. The van der Waals surface area contributed by atoms with Crippen molar-refractivity contribution in [1.29, 1.82) is 0 Å². The molecule has 0 heterocycles. The van der Waals surface area contributed by atoms with Crippen LogP contribution in [0.1, 0.15) is 13.8 Å². The van der Waals surface area contributed by atoms with Crippen molar-refractivity contribution in [2.45, 2.75) is 19.9 Å². The molecule has 0 fully saturated rings. The molecule has 0 aromatic heterocycles. The normalized spacial score (nSPS) is 10.6. The average Bonchev–Trinajstić information content (AvgIpc) is 2.28. The number of aliphatic hydroxyl groups excluding tert-OH is 1. The van der Waals surface area contributed by atoms with Crippen LogP contribution < -0.4 is 0 Å². The highest BCUT2D eigenvalue weighted by atomic mass is 16.3. The van der Waals surface area contributed by atoms with Crippen LogP contribution in [0.5, 0.6) is 0 Å². The molecule has 1 amide bonds. The summed E-state index contributed by atoms with van der Waals surface area (Å²) in [6.45, 7) is 13.2. The fourth-order valence-corrected chi connectivity index (χ4v) is 1.51. The monoisotopic (exact) mass is 240 g/mol. The van der Waals surface area contributed by atoms with Gasteiger partial charge >= 0.3 is 0 Å². The van der Waals surface area contributed by atoms with Crippen molar-refractivity contribution in [3.8, 4) is 0 Å². The molecule has 0 bridgehead atoms. The van der Waals surface area contributed by atoms with Gasteiger partial charge in [0.2, 0.25) is 5.91 Å². The summed E-state index contributed by atoms with van der Waals surface area (Å²) in [4.78, 5) is 15.7. The minimum absolute atomic E-state index is 0.0342. The number of carbonyl (C=O) groups excluding carboxylic acids is 1. The Kier molecular flexibility index (Phi) is 8.36. The van der Waals surface area contributed by atoms with Crippen LogP contribution in [0.2, 0.25) is 0 Å². The first-order valence-electron chi connectivity index (χ1n) is 5.91. The molecule has 0 saturated carbocycles. The maximum absolute atomic E-state index is 12.0. The largest absolute Gasteiger partial charge is 0.395 e. The maximum atomic E-state index is 12.0. The van der Waals surface area contributed by atoms with Crippen molar-refractivity contribution in [3.05, 3.63) is 25.3 Å². The molecule has 0 aliphatic heterocycles. The first-order valence-corrected chi connectivity index (χ1v) is 5.91. The Morgan fingerprint density at radius 3 is 2.18 bits per heavy atom. The maximum Gasteiger partial charge on any atom is 0.237 e. The van der Waals surface area contributed by atoms with Gasteiger partial charge < -0.3 is 10.0 Å². The van der Waals surface area contributed by atoms with Crippen LogP contribution in [0, 0.1) is 0 Å². The van der Waals surface area contributed by atoms with Crippen molar-refractivity contribution in [1.82, 2.24) is 9.80 Å². The lowest BCUT2D eigenvalue weighted by Crippen LogP contribution is -2.44. The van der Waals surface area contributed by atoms with E-state index in [0.717, 1.165) is 0 Å². The first-order chi connectivity index (χ1) is 8.06. The highest BCUT2D eigenvalue weighted by Crippen LogP contribution is 2.00. The summed E-state index contributed by atoms with van der Waals surface area (Å²) in [5, 5.41) is 8.94. The van der Waals surface area contributed by atoms with Gasteiger partial charge in [-0.05, 0) is 13.8 Å². The molecule has 0 aliphatic rings. The Bertz CT molecular complexity index is 242. The molecule has 4 heteroatoms. The van der Waals surface area contributed by atoms with Gasteiger partial charge in [0.25, 0.3) is 0 Å². The summed E-state index contributed by atoms with van der Waals surface area (Å²) in [6.07, 6.45) is 3.40. The summed E-state index contributed by atoms with van der Waals surface area (Å²) in [7, 11) is 0. The van der Waals surface area contributed by atoms with E-state index in [2.05, 4.69) is 13.2 Å². The second kappa shape index (κ2) is 8.96. The van der Waals surface area contributed by atoms with Crippen molar-refractivity contribution in [3.63, 3.8) is 0 Å². The van der Waals surface area contributed by atoms with E-state index in [4.69, 9.17) is 5.11 Å². The van der Waals surface area contributed by atoms with Gasteiger partial charge in [0.1, 0.15) is 0 Å². The highest BCUT2D eigenvalue weighted by molar-refractivity contribution is 5.78. The third-order valence-corrected chi connectivity index (χ3v) is 2.51. The van der Waals surface area contributed by atoms with Gasteiger partial charge in [0, 0.05) is 25.7 Å². The second-order valence-electron chi connectivity index (χ2n) is 4.16. The molecule has 0 atom stereocenters. The molecule has 0 saturated heterocycles. The summed E-state index contributed by atoms with van der Waals surface area (Å²) < 4.78 is 0. The third kappa shape index (κ3) is 6.24. The lowest BCUT2D eigenvalue weighted by Gasteiger charge is -2.28. The van der Waals surface area contributed by atoms with Crippen molar-refractivity contribution >= 4 is 5.91 Å². The van der Waals surface area contributed by atoms with Crippen molar-refractivity contribution in [2.24, 2.45) is 0 Å². The van der Waals surface area contributed by atoms with Gasteiger partial charge in [-0.2, -0.15) is 0 Å². The molecule has 0 spiro atoms. The Hall–Kier alpha value is -1.13. The molecule has 17 heavy (non-hydrogen) atoms. The van der Waals surface area contributed by atoms with Gasteiger partial charge in [0.15, 0.2) is 0 Å². The average molecular weight is 240 g/mol. The smallest absolute Gasteiger partial charge is 0.237 e. The van der Waals surface area contributed by atoms with Crippen LogP contribution in [-0.2, 0) is 4.79 Å². The number of hydrogen-bond donors (Lipinski definition) is 1. The van der Waals surface area contributed by atoms with Gasteiger partial charge in [-0.1, -0.05) is 12.2 Å². The minimum Gasteiger partial charge on any atom is -0.395 e. The molecule has 4 nitrogen and oxygen atoms in total. The van der Waals surface area contributed by atoms with Crippen LogP contribution in [0.25, 0.3) is 0 Å². The second-order valence-corrected chi connectivity index (χ2v) is 4.16. The van der Waals surface area contributed by atoms with Crippen molar-refractivity contribution in [2.75, 3.05) is 32.8 Å².